The van der Waals surface area contributed by atoms with Crippen LogP contribution >= 0.6 is 11.6 Å². The van der Waals surface area contributed by atoms with Gasteiger partial charge in [-0.25, -0.2) is 10.9 Å². The van der Waals surface area contributed by atoms with Crippen molar-refractivity contribution in [2.24, 2.45) is 0 Å². The van der Waals surface area contributed by atoms with E-state index in [-0.39, 0.29) is 18.0 Å². The lowest BCUT2D eigenvalue weighted by molar-refractivity contribution is -0.117. The van der Waals surface area contributed by atoms with E-state index >= 15 is 0 Å². The highest BCUT2D eigenvalue weighted by atomic mass is 35.5. The molecule has 2 atom stereocenters. The molecule has 1 aliphatic rings. The van der Waals surface area contributed by atoms with Gasteiger partial charge in [0.25, 0.3) is 0 Å². The van der Waals surface area contributed by atoms with E-state index in [2.05, 4.69) is 21.2 Å². The number of ether oxygens (including phenoxy) is 2. The van der Waals surface area contributed by atoms with Gasteiger partial charge in [-0.15, -0.1) is 0 Å². The topological polar surface area (TPSA) is 84.5 Å². The van der Waals surface area contributed by atoms with E-state index in [0.29, 0.717) is 35.2 Å². The molecule has 1 amide bonds. The Kier molecular flexibility index (Phi) is 6.66. The number of halogens is 1. The molecule has 8 heteroatoms. The maximum atomic E-state index is 12.8. The first-order valence-corrected chi connectivity index (χ1v) is 10.3. The quantitative estimate of drug-likeness (QED) is 0.519. The smallest absolute Gasteiger partial charge is 0.242 e. The molecule has 3 aromatic rings. The number of pyridine rings is 1. The normalized spacial score (nSPS) is 17.9. The van der Waals surface area contributed by atoms with Crippen LogP contribution in [0.3, 0.4) is 0 Å². The molecule has 2 heterocycles. The van der Waals surface area contributed by atoms with E-state index in [9.17, 15) is 4.79 Å². The zero-order valence-electron chi connectivity index (χ0n) is 17.0. The average molecular weight is 439 g/mol. The maximum Gasteiger partial charge on any atom is 0.242 e. The number of carbonyl (C=O) groups is 1. The van der Waals surface area contributed by atoms with Gasteiger partial charge in [0, 0.05) is 40.8 Å². The van der Waals surface area contributed by atoms with Gasteiger partial charge in [0.15, 0.2) is 11.5 Å². The highest BCUT2D eigenvalue weighted by molar-refractivity contribution is 6.30. The molecule has 2 unspecified atom stereocenters. The van der Waals surface area contributed by atoms with Crippen LogP contribution in [0.4, 0.5) is 5.69 Å². The molecule has 2 aromatic carbocycles. The number of nitrogens with zero attached hydrogens (tertiary/aromatic N) is 1. The number of hydrogen-bond donors (Lipinski definition) is 3. The van der Waals surface area contributed by atoms with Crippen molar-refractivity contribution in [3.8, 4) is 11.5 Å². The van der Waals surface area contributed by atoms with Gasteiger partial charge in [-0.3, -0.25) is 9.78 Å². The van der Waals surface area contributed by atoms with Crippen molar-refractivity contribution >= 4 is 23.2 Å². The van der Waals surface area contributed by atoms with Crippen molar-refractivity contribution in [3.05, 3.63) is 83.1 Å². The molecule has 31 heavy (non-hydrogen) atoms. The first-order chi connectivity index (χ1) is 15.1. The third kappa shape index (κ3) is 5.32. The first kappa shape index (κ1) is 21.1. The van der Waals surface area contributed by atoms with Crippen LogP contribution < -0.4 is 25.6 Å². The van der Waals surface area contributed by atoms with E-state index in [0.717, 1.165) is 11.1 Å². The number of anilines is 1. The molecule has 1 aliphatic heterocycles. The molecule has 0 aliphatic carbocycles. The third-order valence-electron chi connectivity index (χ3n) is 5.02. The lowest BCUT2D eigenvalue weighted by Crippen LogP contribution is -2.39. The fourth-order valence-corrected chi connectivity index (χ4v) is 3.61. The zero-order valence-corrected chi connectivity index (χ0v) is 17.7. The Morgan fingerprint density at radius 1 is 1.16 bits per heavy atom. The molecule has 7 nitrogen and oxygen atoms in total. The predicted molar refractivity (Wildman–Crippen MR) is 119 cm³/mol. The number of carbonyl (C=O) groups excluding carboxylic acids is 1. The largest absolute Gasteiger partial charge is 0.493 e. The van der Waals surface area contributed by atoms with E-state index in [1.807, 2.05) is 36.4 Å². The van der Waals surface area contributed by atoms with Gasteiger partial charge < -0.3 is 14.8 Å². The SMILES string of the molecule is COc1ccc(NC(=O)C2CC(c3cccc(Cl)c3)NN2)cc1OCc1cccnc1. The van der Waals surface area contributed by atoms with Gasteiger partial charge >= 0.3 is 0 Å². The Morgan fingerprint density at radius 2 is 2.06 bits per heavy atom. The van der Waals surface area contributed by atoms with Crippen molar-refractivity contribution in [2.45, 2.75) is 25.1 Å². The molecule has 0 radical (unpaired) electrons. The molecule has 0 spiro atoms. The van der Waals surface area contributed by atoms with Crippen molar-refractivity contribution in [3.63, 3.8) is 0 Å². The molecule has 160 valence electrons. The van der Waals surface area contributed by atoms with E-state index in [1.54, 1.807) is 37.7 Å². The first-order valence-electron chi connectivity index (χ1n) is 9.89. The average Bonchev–Trinajstić information content (AvgIpc) is 3.29. The van der Waals surface area contributed by atoms with Crippen LogP contribution in [0.2, 0.25) is 5.02 Å². The monoisotopic (exact) mass is 438 g/mol. The molecule has 1 saturated heterocycles. The standard InChI is InChI=1S/C23H23ClN4O3/c1-30-21-8-7-18(11-22(21)31-14-15-4-3-9-25-13-15)26-23(29)20-12-19(27-28-20)16-5-2-6-17(24)10-16/h2-11,13,19-20,27-28H,12,14H2,1H3,(H,26,29). The minimum absolute atomic E-state index is 0.00342. The van der Waals surface area contributed by atoms with Crippen LogP contribution in [0, 0.1) is 0 Å². The van der Waals surface area contributed by atoms with E-state index in [4.69, 9.17) is 21.1 Å². The van der Waals surface area contributed by atoms with Crippen LogP contribution in [0.15, 0.2) is 67.0 Å². The lowest BCUT2D eigenvalue weighted by Gasteiger charge is -2.14. The second-order valence-electron chi connectivity index (χ2n) is 7.19. The minimum atomic E-state index is -0.383. The second kappa shape index (κ2) is 9.78. The number of amides is 1. The van der Waals surface area contributed by atoms with Gasteiger partial charge in [-0.1, -0.05) is 29.8 Å². The summed E-state index contributed by atoms with van der Waals surface area (Å²) in [6.07, 6.45) is 4.06. The van der Waals surface area contributed by atoms with E-state index < -0.39 is 0 Å². The number of nitrogens with one attached hydrogen (secondary N) is 3. The summed E-state index contributed by atoms with van der Waals surface area (Å²) >= 11 is 6.08. The molecule has 1 aromatic heterocycles. The molecule has 0 saturated carbocycles. The number of rotatable bonds is 7. The van der Waals surface area contributed by atoms with Crippen molar-refractivity contribution < 1.29 is 14.3 Å². The summed E-state index contributed by atoms with van der Waals surface area (Å²) in [6, 6.07) is 16.3. The van der Waals surface area contributed by atoms with Gasteiger partial charge in [0.2, 0.25) is 5.91 Å². The van der Waals surface area contributed by atoms with Gasteiger partial charge in [0.1, 0.15) is 12.6 Å². The van der Waals surface area contributed by atoms with Gasteiger partial charge in [-0.05, 0) is 42.3 Å². The summed E-state index contributed by atoms with van der Waals surface area (Å²) in [5, 5.41) is 3.61. The molecule has 1 fully saturated rings. The zero-order chi connectivity index (χ0) is 21.6. The van der Waals surface area contributed by atoms with Crippen molar-refractivity contribution in [1.29, 1.82) is 0 Å². The predicted octanol–water partition coefficient (Wildman–Crippen LogP) is 3.87. The number of hydrazine groups is 1. The highest BCUT2D eigenvalue weighted by Gasteiger charge is 2.30. The van der Waals surface area contributed by atoms with Crippen LogP contribution in [0.25, 0.3) is 0 Å². The van der Waals surface area contributed by atoms with E-state index in [1.165, 1.54) is 0 Å². The molecule has 0 bridgehead atoms. The summed E-state index contributed by atoms with van der Waals surface area (Å²) in [5.41, 5.74) is 8.82. The van der Waals surface area contributed by atoms with Gasteiger partial charge in [0.05, 0.1) is 7.11 Å². The number of hydrogen-bond acceptors (Lipinski definition) is 6. The summed E-state index contributed by atoms with van der Waals surface area (Å²) in [6.45, 7) is 0.344. The van der Waals surface area contributed by atoms with Crippen LogP contribution in [0.5, 0.6) is 11.5 Å². The fraction of sp³-hybridized carbons (Fsp3) is 0.217. The van der Waals surface area contributed by atoms with Crippen LogP contribution in [-0.4, -0.2) is 24.0 Å². The number of aromatic nitrogens is 1. The Labute approximate surface area is 185 Å². The summed E-state index contributed by atoms with van der Waals surface area (Å²) < 4.78 is 11.3. The third-order valence-corrected chi connectivity index (χ3v) is 5.25. The number of methoxy groups -OCH3 is 1. The Balaban J connectivity index is 1.40. The van der Waals surface area contributed by atoms with Gasteiger partial charge in [-0.2, -0.15) is 0 Å². The maximum absolute atomic E-state index is 12.8. The highest BCUT2D eigenvalue weighted by Crippen LogP contribution is 2.31. The summed E-state index contributed by atoms with van der Waals surface area (Å²) in [4.78, 5) is 16.9. The molecular weight excluding hydrogens is 416 g/mol. The molecule has 3 N–H and O–H groups in total. The Morgan fingerprint density at radius 3 is 2.84 bits per heavy atom. The molecular formula is C23H23ClN4O3. The summed E-state index contributed by atoms with van der Waals surface area (Å²) in [7, 11) is 1.58. The fourth-order valence-electron chi connectivity index (χ4n) is 3.41. The lowest BCUT2D eigenvalue weighted by atomic mass is 10.0. The second-order valence-corrected chi connectivity index (χ2v) is 7.63. The Hall–Kier alpha value is -3.13. The minimum Gasteiger partial charge on any atom is -0.493 e. The Bertz CT molecular complexity index is 1050. The molecule has 4 rings (SSSR count). The van der Waals surface area contributed by atoms with Crippen LogP contribution in [0.1, 0.15) is 23.6 Å². The van der Waals surface area contributed by atoms with Crippen molar-refractivity contribution in [1.82, 2.24) is 15.8 Å². The van der Waals surface area contributed by atoms with Crippen LogP contribution in [-0.2, 0) is 11.4 Å². The van der Waals surface area contributed by atoms with Crippen molar-refractivity contribution in [2.75, 3.05) is 12.4 Å². The number of benzene rings is 2. The summed E-state index contributed by atoms with van der Waals surface area (Å²) in [5.74, 6) is 0.988.